The van der Waals surface area contributed by atoms with Crippen LogP contribution in [0.4, 0.5) is 0 Å². The summed E-state index contributed by atoms with van der Waals surface area (Å²) in [5.74, 6) is 6.30. The topological polar surface area (TPSA) is 77.3 Å². The van der Waals surface area contributed by atoms with Crippen LogP contribution in [0, 0.1) is 11.8 Å². The highest BCUT2D eigenvalue weighted by Gasteiger charge is 2.40. The molecule has 55 heavy (non-hydrogen) atoms. The zero-order chi connectivity index (χ0) is 36.6. The van der Waals surface area contributed by atoms with Crippen molar-refractivity contribution in [2.75, 3.05) is 0 Å². The summed E-state index contributed by atoms with van der Waals surface area (Å²) in [6.07, 6.45) is 5.51. The van der Waals surface area contributed by atoms with Crippen molar-refractivity contribution in [3.05, 3.63) is 169 Å². The molecule has 2 saturated carbocycles. The van der Waals surface area contributed by atoms with Gasteiger partial charge in [0.25, 0.3) is 0 Å². The Morgan fingerprint density at radius 3 is 1.05 bits per heavy atom. The lowest BCUT2D eigenvalue weighted by atomic mass is 9.83. The van der Waals surface area contributed by atoms with Crippen molar-refractivity contribution in [1.82, 2.24) is 29.9 Å². The van der Waals surface area contributed by atoms with Crippen LogP contribution < -0.4 is 0 Å². The number of aromatic nitrogens is 6. The van der Waals surface area contributed by atoms with Crippen LogP contribution in [0.15, 0.2) is 164 Å². The van der Waals surface area contributed by atoms with E-state index in [0.29, 0.717) is 40.9 Å². The zero-order valence-electron chi connectivity index (χ0n) is 30.3. The fourth-order valence-corrected chi connectivity index (χ4v) is 8.50. The molecule has 2 aromatic heterocycles. The minimum Gasteiger partial charge on any atom is -0.208 e. The average molecular weight is 711 g/mol. The molecular weight excluding hydrogens is 673 g/mol. The van der Waals surface area contributed by atoms with Crippen molar-refractivity contribution in [2.24, 2.45) is 11.8 Å². The Bertz CT molecular complexity index is 2550. The molecule has 2 bridgehead atoms. The Morgan fingerprint density at radius 1 is 0.309 bits per heavy atom. The van der Waals surface area contributed by atoms with Gasteiger partial charge in [-0.2, -0.15) is 0 Å². The van der Waals surface area contributed by atoms with Gasteiger partial charge in [-0.1, -0.05) is 158 Å². The maximum Gasteiger partial charge on any atom is 0.164 e. The van der Waals surface area contributed by atoms with E-state index in [1.165, 1.54) is 31.2 Å². The van der Waals surface area contributed by atoms with E-state index in [1.807, 2.05) is 78.9 Å². The SMILES string of the molecule is c1ccc(-c2nc(-c3ccccc3)nc(-c3cccc(-c4cccc(-c5nc(-c6ccccc6)nc(-c6ccc(C7CC8CCC7C8)cc6)n5)c4)c3)n2)cc1. The van der Waals surface area contributed by atoms with E-state index in [0.717, 1.165) is 56.3 Å². The van der Waals surface area contributed by atoms with Crippen LogP contribution in [0.1, 0.15) is 37.2 Å². The van der Waals surface area contributed by atoms with Gasteiger partial charge in [-0.15, -0.1) is 0 Å². The van der Waals surface area contributed by atoms with Gasteiger partial charge in [-0.05, 0) is 65.8 Å². The average Bonchev–Trinajstić information content (AvgIpc) is 3.92. The van der Waals surface area contributed by atoms with Crippen LogP contribution in [0.2, 0.25) is 0 Å². The first-order valence-corrected chi connectivity index (χ1v) is 19.2. The number of fused-ring (bicyclic) bond motifs is 2. The van der Waals surface area contributed by atoms with Gasteiger partial charge in [0.2, 0.25) is 0 Å². The smallest absolute Gasteiger partial charge is 0.164 e. The van der Waals surface area contributed by atoms with E-state index in [1.54, 1.807) is 0 Å². The van der Waals surface area contributed by atoms with Gasteiger partial charge in [0.1, 0.15) is 0 Å². The number of nitrogens with zero attached hydrogens (tertiary/aromatic N) is 6. The largest absolute Gasteiger partial charge is 0.208 e. The molecule has 3 unspecified atom stereocenters. The molecule has 3 atom stereocenters. The molecule has 6 nitrogen and oxygen atoms in total. The highest BCUT2D eigenvalue weighted by Crippen LogP contribution is 2.53. The van der Waals surface area contributed by atoms with Crippen LogP contribution in [0.3, 0.4) is 0 Å². The minimum atomic E-state index is 0.617. The molecule has 0 spiro atoms. The van der Waals surface area contributed by atoms with Crippen molar-refractivity contribution in [3.8, 4) is 79.5 Å². The first kappa shape index (κ1) is 32.9. The second-order valence-corrected chi connectivity index (χ2v) is 14.8. The van der Waals surface area contributed by atoms with Gasteiger partial charge in [0.15, 0.2) is 34.9 Å². The second kappa shape index (κ2) is 14.3. The quantitative estimate of drug-likeness (QED) is 0.156. The number of hydrogen-bond acceptors (Lipinski definition) is 6. The summed E-state index contributed by atoms with van der Waals surface area (Å²) in [7, 11) is 0. The molecule has 10 rings (SSSR count). The fourth-order valence-electron chi connectivity index (χ4n) is 8.50. The highest BCUT2D eigenvalue weighted by molar-refractivity contribution is 5.76. The molecule has 8 aromatic rings. The van der Waals surface area contributed by atoms with Crippen LogP contribution in [0.25, 0.3) is 79.5 Å². The van der Waals surface area contributed by atoms with Gasteiger partial charge in [-0.3, -0.25) is 0 Å². The van der Waals surface area contributed by atoms with Crippen LogP contribution >= 0.6 is 0 Å². The van der Waals surface area contributed by atoms with Crippen molar-refractivity contribution in [3.63, 3.8) is 0 Å². The lowest BCUT2D eigenvalue weighted by Crippen LogP contribution is -2.08. The predicted molar refractivity (Wildman–Crippen MR) is 219 cm³/mol. The van der Waals surface area contributed by atoms with Crippen molar-refractivity contribution < 1.29 is 0 Å². The first-order chi connectivity index (χ1) is 27.2. The van der Waals surface area contributed by atoms with E-state index >= 15 is 0 Å². The fraction of sp³-hybridized carbons (Fsp3) is 0.143. The van der Waals surface area contributed by atoms with Gasteiger partial charge >= 0.3 is 0 Å². The maximum absolute atomic E-state index is 5.09. The molecule has 0 saturated heterocycles. The molecule has 264 valence electrons. The monoisotopic (exact) mass is 710 g/mol. The standard InChI is InChI=1S/C49H38N6/c1-4-12-34(13-5-1)44-50-45(35-14-6-2-7-15-35)53-48(52-44)41-20-10-18-38(30-41)39-19-11-21-42(31-39)49-54-46(36-16-8-3-9-17-36)51-47(55-49)37-26-24-33(25-27-37)43-29-32-22-23-40(43)28-32/h1-21,24-27,30-32,40,43H,22-23,28-29H2. The Morgan fingerprint density at radius 2 is 0.673 bits per heavy atom. The lowest BCUT2D eigenvalue weighted by molar-refractivity contribution is 0.420. The summed E-state index contributed by atoms with van der Waals surface area (Å²) < 4.78 is 0. The zero-order valence-corrected chi connectivity index (χ0v) is 30.3. The lowest BCUT2D eigenvalue weighted by Gasteiger charge is -2.22. The molecule has 2 aliphatic carbocycles. The van der Waals surface area contributed by atoms with Gasteiger partial charge in [0, 0.05) is 33.4 Å². The summed E-state index contributed by atoms with van der Waals surface area (Å²) in [5.41, 5.74) is 9.19. The van der Waals surface area contributed by atoms with Gasteiger partial charge in [0.05, 0.1) is 0 Å². The van der Waals surface area contributed by atoms with Gasteiger partial charge < -0.3 is 0 Å². The highest BCUT2D eigenvalue weighted by atomic mass is 15.0. The maximum atomic E-state index is 5.09. The van der Waals surface area contributed by atoms with Crippen molar-refractivity contribution >= 4 is 0 Å². The molecule has 0 radical (unpaired) electrons. The van der Waals surface area contributed by atoms with Crippen molar-refractivity contribution in [1.29, 1.82) is 0 Å². The summed E-state index contributed by atoms with van der Waals surface area (Å²) in [5, 5.41) is 0. The number of rotatable bonds is 8. The minimum absolute atomic E-state index is 0.617. The normalized spacial score (nSPS) is 17.3. The number of benzene rings is 6. The molecule has 2 heterocycles. The molecular formula is C49H38N6. The van der Waals surface area contributed by atoms with Crippen LogP contribution in [-0.2, 0) is 0 Å². The Labute approximate surface area is 321 Å². The Balaban J connectivity index is 1.02. The third-order valence-electron chi connectivity index (χ3n) is 11.3. The van der Waals surface area contributed by atoms with E-state index in [-0.39, 0.29) is 0 Å². The first-order valence-electron chi connectivity index (χ1n) is 19.2. The van der Waals surface area contributed by atoms with E-state index < -0.39 is 0 Å². The summed E-state index contributed by atoms with van der Waals surface area (Å²) in [6.45, 7) is 0. The second-order valence-electron chi connectivity index (χ2n) is 14.8. The molecule has 0 amide bonds. The summed E-state index contributed by atoms with van der Waals surface area (Å²) in [4.78, 5) is 29.9. The third-order valence-corrected chi connectivity index (χ3v) is 11.3. The molecule has 0 N–H and O–H groups in total. The Hall–Kier alpha value is -6.66. The van der Waals surface area contributed by atoms with Crippen LogP contribution in [0.5, 0.6) is 0 Å². The third kappa shape index (κ3) is 6.72. The summed E-state index contributed by atoms with van der Waals surface area (Å²) in [6, 6.07) is 56.1. The number of hydrogen-bond donors (Lipinski definition) is 0. The molecule has 2 aliphatic rings. The van der Waals surface area contributed by atoms with E-state index in [9.17, 15) is 0 Å². The Kier molecular flexibility index (Phi) is 8.56. The molecule has 6 heteroatoms. The van der Waals surface area contributed by atoms with E-state index in [4.69, 9.17) is 29.9 Å². The summed E-state index contributed by atoms with van der Waals surface area (Å²) >= 11 is 0. The molecule has 6 aromatic carbocycles. The van der Waals surface area contributed by atoms with E-state index in [2.05, 4.69) is 84.9 Å². The van der Waals surface area contributed by atoms with Crippen molar-refractivity contribution in [2.45, 2.75) is 31.6 Å². The van der Waals surface area contributed by atoms with Gasteiger partial charge in [-0.25, -0.2) is 29.9 Å². The molecule has 2 fully saturated rings. The van der Waals surface area contributed by atoms with Crippen LogP contribution in [-0.4, -0.2) is 29.9 Å². The molecule has 0 aliphatic heterocycles. The predicted octanol–water partition coefficient (Wildman–Crippen LogP) is 11.6.